The van der Waals surface area contributed by atoms with Crippen LogP contribution in [-0.4, -0.2) is 68.0 Å². The van der Waals surface area contributed by atoms with Gasteiger partial charge in [0, 0.05) is 62.4 Å². The molecule has 1 aliphatic carbocycles. The van der Waals surface area contributed by atoms with Gasteiger partial charge in [-0.05, 0) is 64.2 Å². The number of carbonyl (C=O) groups is 2. The SMILES string of the molecule is CN(N)/C=C(\N)c1cnc(NC(=O)C2CCC2)s1.Cc1ccc(C(=O)Nc2cc(N(C)CCN(C)C)cc(C(F)(F)F)c2)cc1. The normalized spacial score (nSPS) is 13.4. The number of nitrogens with two attached hydrogens (primary N) is 2. The van der Waals surface area contributed by atoms with E-state index in [0.717, 1.165) is 41.8 Å². The number of nitrogens with one attached hydrogen (secondary N) is 2. The van der Waals surface area contributed by atoms with E-state index < -0.39 is 17.6 Å². The van der Waals surface area contributed by atoms with Gasteiger partial charge < -0.3 is 31.2 Å². The fourth-order valence-corrected chi connectivity index (χ4v) is 4.82. The number of benzene rings is 2. The van der Waals surface area contributed by atoms with Crippen molar-refractivity contribution >= 4 is 45.4 Å². The van der Waals surface area contributed by atoms with Crippen molar-refractivity contribution in [1.29, 1.82) is 0 Å². The second kappa shape index (κ2) is 15.7. The molecular formula is C31H41F3N8O2S. The van der Waals surface area contributed by atoms with Gasteiger partial charge in [-0.25, -0.2) is 10.8 Å². The molecule has 3 aromatic rings. The number of likely N-dealkylation sites (N-methyl/N-ethyl adjacent to an activating group) is 2. The minimum Gasteiger partial charge on any atom is -0.396 e. The molecule has 1 heterocycles. The van der Waals surface area contributed by atoms with Crippen LogP contribution in [0.3, 0.4) is 0 Å². The van der Waals surface area contributed by atoms with Crippen LogP contribution in [-0.2, 0) is 11.0 Å². The van der Waals surface area contributed by atoms with Crippen molar-refractivity contribution in [1.82, 2.24) is 14.9 Å². The van der Waals surface area contributed by atoms with Crippen molar-refractivity contribution in [2.75, 3.05) is 56.8 Å². The maximum atomic E-state index is 13.3. The average Bonchev–Trinajstić information content (AvgIpc) is 3.39. The fraction of sp³-hybridized carbons (Fsp3) is 0.387. The Hall–Kier alpha value is -4.14. The number of amides is 2. The lowest BCUT2D eigenvalue weighted by Gasteiger charge is -2.23. The van der Waals surface area contributed by atoms with Gasteiger partial charge >= 0.3 is 6.18 Å². The number of aryl methyl sites for hydroxylation is 1. The number of hydrazine groups is 1. The molecule has 0 unspecified atom stereocenters. The molecule has 10 nitrogen and oxygen atoms in total. The van der Waals surface area contributed by atoms with Gasteiger partial charge in [0.05, 0.1) is 16.1 Å². The Labute approximate surface area is 265 Å². The summed E-state index contributed by atoms with van der Waals surface area (Å²) in [7, 11) is 7.21. The highest BCUT2D eigenvalue weighted by Crippen LogP contribution is 2.34. The molecule has 1 saturated carbocycles. The summed E-state index contributed by atoms with van der Waals surface area (Å²) >= 11 is 1.34. The van der Waals surface area contributed by atoms with Crippen molar-refractivity contribution < 1.29 is 22.8 Å². The van der Waals surface area contributed by atoms with Gasteiger partial charge in [0.25, 0.3) is 5.91 Å². The first-order valence-electron chi connectivity index (χ1n) is 14.3. The zero-order valence-corrected chi connectivity index (χ0v) is 26.9. The van der Waals surface area contributed by atoms with E-state index in [9.17, 15) is 22.8 Å². The van der Waals surface area contributed by atoms with Crippen molar-refractivity contribution in [3.63, 3.8) is 0 Å². The van der Waals surface area contributed by atoms with E-state index in [1.807, 2.05) is 25.9 Å². The van der Waals surface area contributed by atoms with Crippen LogP contribution in [0.2, 0.25) is 0 Å². The topological polar surface area (TPSA) is 133 Å². The van der Waals surface area contributed by atoms with Crippen LogP contribution in [0.4, 0.5) is 29.7 Å². The number of alkyl halides is 3. The van der Waals surface area contributed by atoms with E-state index in [1.165, 1.54) is 16.3 Å². The zero-order valence-electron chi connectivity index (χ0n) is 26.1. The van der Waals surface area contributed by atoms with Gasteiger partial charge in [-0.15, -0.1) is 0 Å². The number of nitrogens with zero attached hydrogens (tertiary/aromatic N) is 4. The number of halogens is 3. The summed E-state index contributed by atoms with van der Waals surface area (Å²) in [5, 5.41) is 7.35. The fourth-order valence-electron chi connectivity index (χ4n) is 4.08. The Morgan fingerprint density at radius 2 is 1.71 bits per heavy atom. The minimum atomic E-state index is -4.50. The number of carbonyl (C=O) groups excluding carboxylic acids is 2. The average molecular weight is 647 g/mol. The molecule has 1 aliphatic rings. The first kappa shape index (κ1) is 35.3. The summed E-state index contributed by atoms with van der Waals surface area (Å²) in [6.45, 7) is 3.14. The third-order valence-electron chi connectivity index (χ3n) is 6.98. The molecule has 1 fully saturated rings. The molecule has 4 rings (SSSR count). The molecule has 14 heteroatoms. The van der Waals surface area contributed by atoms with Crippen LogP contribution in [0.1, 0.15) is 45.6 Å². The number of hydrogen-bond donors (Lipinski definition) is 4. The third-order valence-corrected chi connectivity index (χ3v) is 7.94. The van der Waals surface area contributed by atoms with Gasteiger partial charge in [0.15, 0.2) is 5.13 Å². The van der Waals surface area contributed by atoms with Crippen LogP contribution < -0.4 is 27.1 Å². The molecule has 45 heavy (non-hydrogen) atoms. The lowest BCUT2D eigenvalue weighted by atomic mass is 9.85. The van der Waals surface area contributed by atoms with E-state index in [0.29, 0.717) is 35.2 Å². The van der Waals surface area contributed by atoms with E-state index in [-0.39, 0.29) is 17.5 Å². The van der Waals surface area contributed by atoms with Crippen molar-refractivity contribution in [2.24, 2.45) is 17.5 Å². The highest BCUT2D eigenvalue weighted by atomic mass is 32.1. The van der Waals surface area contributed by atoms with Gasteiger partial charge in [-0.3, -0.25) is 9.59 Å². The maximum absolute atomic E-state index is 13.3. The first-order chi connectivity index (χ1) is 21.1. The van der Waals surface area contributed by atoms with Gasteiger partial charge in [-0.2, -0.15) is 13.2 Å². The third kappa shape index (κ3) is 11.1. The first-order valence-corrected chi connectivity index (χ1v) is 15.1. The van der Waals surface area contributed by atoms with E-state index >= 15 is 0 Å². The zero-order chi connectivity index (χ0) is 33.3. The predicted molar refractivity (Wildman–Crippen MR) is 175 cm³/mol. The maximum Gasteiger partial charge on any atom is 0.416 e. The summed E-state index contributed by atoms with van der Waals surface area (Å²) in [6, 6.07) is 10.4. The second-order valence-electron chi connectivity index (χ2n) is 11.2. The van der Waals surface area contributed by atoms with E-state index in [4.69, 9.17) is 11.6 Å². The van der Waals surface area contributed by atoms with E-state index in [2.05, 4.69) is 15.6 Å². The molecule has 6 N–H and O–H groups in total. The summed E-state index contributed by atoms with van der Waals surface area (Å²) in [5.74, 6) is 5.24. The molecular weight excluding hydrogens is 605 g/mol. The molecule has 244 valence electrons. The van der Waals surface area contributed by atoms with Gasteiger partial charge in [-0.1, -0.05) is 35.5 Å². The number of rotatable bonds is 10. The predicted octanol–water partition coefficient (Wildman–Crippen LogP) is 5.21. The Kier molecular flexibility index (Phi) is 12.4. The van der Waals surface area contributed by atoms with Crippen LogP contribution in [0.5, 0.6) is 0 Å². The van der Waals surface area contributed by atoms with Crippen LogP contribution in [0.25, 0.3) is 5.70 Å². The van der Waals surface area contributed by atoms with Crippen LogP contribution in [0.15, 0.2) is 54.9 Å². The van der Waals surface area contributed by atoms with Gasteiger partial charge in [0.2, 0.25) is 5.91 Å². The second-order valence-corrected chi connectivity index (χ2v) is 12.2. The summed E-state index contributed by atoms with van der Waals surface area (Å²) < 4.78 is 39.9. The summed E-state index contributed by atoms with van der Waals surface area (Å²) in [5.41, 5.74) is 7.46. The molecule has 2 aromatic carbocycles. The lowest BCUT2D eigenvalue weighted by Crippen LogP contribution is -2.28. The molecule has 1 aromatic heterocycles. The van der Waals surface area contributed by atoms with E-state index in [1.54, 1.807) is 61.7 Å². The highest BCUT2D eigenvalue weighted by molar-refractivity contribution is 7.16. The van der Waals surface area contributed by atoms with Crippen molar-refractivity contribution in [2.45, 2.75) is 32.4 Å². The molecule has 0 atom stereocenters. The highest BCUT2D eigenvalue weighted by Gasteiger charge is 2.32. The Morgan fingerprint density at radius 3 is 2.27 bits per heavy atom. The lowest BCUT2D eigenvalue weighted by molar-refractivity contribution is -0.137. The monoisotopic (exact) mass is 646 g/mol. The number of anilines is 3. The molecule has 2 amide bonds. The Balaban J connectivity index is 0.000000265. The molecule has 0 saturated heterocycles. The molecule has 0 aliphatic heterocycles. The molecule has 0 radical (unpaired) electrons. The smallest absolute Gasteiger partial charge is 0.396 e. The van der Waals surface area contributed by atoms with Crippen LogP contribution >= 0.6 is 11.3 Å². The van der Waals surface area contributed by atoms with Crippen LogP contribution in [0, 0.1) is 12.8 Å². The number of aromatic nitrogens is 1. The number of thiazole rings is 1. The summed E-state index contributed by atoms with van der Waals surface area (Å²) in [6.07, 6.45) is 1.83. The molecule has 0 spiro atoms. The van der Waals surface area contributed by atoms with Crippen molar-refractivity contribution in [3.8, 4) is 0 Å². The van der Waals surface area contributed by atoms with Gasteiger partial charge in [0.1, 0.15) is 0 Å². The number of hydrogen-bond acceptors (Lipinski definition) is 9. The van der Waals surface area contributed by atoms with Crippen molar-refractivity contribution in [3.05, 3.63) is 76.4 Å². The summed E-state index contributed by atoms with van der Waals surface area (Å²) in [4.78, 5) is 32.7. The Bertz CT molecular complexity index is 1470. The largest absolute Gasteiger partial charge is 0.416 e. The standard InChI is InChI=1S/C20H24F3N3O.C11H17N5OS/c1-14-5-7-15(8-6-14)19(27)24-17-11-16(20(21,22)23)12-18(13-17)26(4)10-9-25(2)3;1-16(13)6-8(12)9-5-14-11(18-9)15-10(17)7-3-2-4-7/h5-8,11-13H,9-10H2,1-4H3,(H,24,27);5-7H,2-4,12-13H2,1H3,(H,14,15,17)/b;8-6-. The Morgan fingerprint density at radius 1 is 1.04 bits per heavy atom. The quantitative estimate of drug-likeness (QED) is 0.174. The molecule has 0 bridgehead atoms. The minimum absolute atomic E-state index is 0.0562.